The van der Waals surface area contributed by atoms with Crippen molar-refractivity contribution in [3.63, 3.8) is 0 Å². The first-order valence-electron chi connectivity index (χ1n) is 13.7. The highest BCUT2D eigenvalue weighted by atomic mass is 79.9. The second kappa shape index (κ2) is 8.13. The maximum Gasteiger partial charge on any atom is 0.302 e. The molecule has 4 aliphatic carbocycles. The zero-order valence-electron chi connectivity index (χ0n) is 21.8. The second-order valence-corrected chi connectivity index (χ2v) is 14.1. The summed E-state index contributed by atoms with van der Waals surface area (Å²) >= 11 is 4.20. The minimum absolute atomic E-state index is 0.00440. The minimum atomic E-state index is -0.923. The summed E-state index contributed by atoms with van der Waals surface area (Å²) in [5, 5.41) is 0. The van der Waals surface area contributed by atoms with Crippen molar-refractivity contribution >= 4 is 27.9 Å². The van der Waals surface area contributed by atoms with Crippen LogP contribution in [-0.2, 0) is 42.7 Å². The number of carbonyl (C=O) groups is 2. The number of fused-ring (bicyclic) bond motifs is 5. The average molecular weight is 585 g/mol. The topological polar surface area (TPSA) is 98.8 Å². The zero-order valence-corrected chi connectivity index (χ0v) is 23.4. The maximum absolute atomic E-state index is 12.5. The van der Waals surface area contributed by atoms with Gasteiger partial charge in [-0.3, -0.25) is 9.59 Å². The Kier molecular flexibility index (Phi) is 5.54. The van der Waals surface area contributed by atoms with Gasteiger partial charge in [-0.25, -0.2) is 0 Å². The number of alkyl halides is 1. The van der Waals surface area contributed by atoms with Gasteiger partial charge in [0, 0.05) is 37.0 Å². The summed E-state index contributed by atoms with van der Waals surface area (Å²) in [7, 11) is 0. The molecule has 0 N–H and O–H groups in total. The molecule has 0 amide bonds. The first-order chi connectivity index (χ1) is 17.6. The SMILES string of the molecule is CC(=O)O[C@H]1CC[C@]23CO[C@H](C[C@@H]4[C@@H]2[C@@H](OC(C)=O)C[C@@]2(C)[C@H]4CC[C@@]24OCOC42COCO2)[C@@]3(Br)C1. The summed E-state index contributed by atoms with van der Waals surface area (Å²) in [6.07, 6.45) is 5.30. The van der Waals surface area contributed by atoms with E-state index in [9.17, 15) is 9.59 Å². The Morgan fingerprint density at radius 2 is 1.73 bits per heavy atom. The van der Waals surface area contributed by atoms with Crippen LogP contribution in [0.15, 0.2) is 0 Å². The molecule has 7 rings (SSSR count). The van der Waals surface area contributed by atoms with E-state index in [2.05, 4.69) is 22.9 Å². The highest BCUT2D eigenvalue weighted by molar-refractivity contribution is 9.10. The number of ether oxygens (including phenoxy) is 7. The molecule has 11 atom stereocenters. The first-order valence-corrected chi connectivity index (χ1v) is 14.5. The van der Waals surface area contributed by atoms with Gasteiger partial charge in [0.15, 0.2) is 13.6 Å². The molecule has 1 unspecified atom stereocenters. The molecule has 7 fully saturated rings. The van der Waals surface area contributed by atoms with E-state index >= 15 is 0 Å². The normalized spacial score (nSPS) is 55.7. The fourth-order valence-electron chi connectivity index (χ4n) is 10.4. The van der Waals surface area contributed by atoms with E-state index in [0.717, 1.165) is 32.1 Å². The molecule has 9 nitrogen and oxygen atoms in total. The molecular formula is C27H37BrO9. The van der Waals surface area contributed by atoms with Gasteiger partial charge in [0.25, 0.3) is 0 Å². The largest absolute Gasteiger partial charge is 0.463 e. The fraction of sp³-hybridized carbons (Fsp3) is 0.926. The van der Waals surface area contributed by atoms with E-state index in [4.69, 9.17) is 33.2 Å². The Labute approximate surface area is 225 Å². The van der Waals surface area contributed by atoms with Gasteiger partial charge in [0.1, 0.15) is 24.4 Å². The summed E-state index contributed by atoms with van der Waals surface area (Å²) in [5.74, 6) is -0.644. The van der Waals surface area contributed by atoms with Crippen molar-refractivity contribution in [2.24, 2.45) is 28.6 Å². The zero-order chi connectivity index (χ0) is 25.8. The van der Waals surface area contributed by atoms with Crippen LogP contribution >= 0.6 is 15.9 Å². The first kappa shape index (κ1) is 25.2. The van der Waals surface area contributed by atoms with Gasteiger partial charge in [-0.2, -0.15) is 0 Å². The maximum atomic E-state index is 12.5. The van der Waals surface area contributed by atoms with Crippen molar-refractivity contribution in [2.45, 2.75) is 99.7 Å². The smallest absolute Gasteiger partial charge is 0.302 e. The molecule has 0 aromatic carbocycles. The molecule has 0 aromatic rings. The number of hydrogen-bond acceptors (Lipinski definition) is 9. The lowest BCUT2D eigenvalue weighted by Gasteiger charge is -2.65. The summed E-state index contributed by atoms with van der Waals surface area (Å²) in [5.41, 5.74) is -1.18. The fourth-order valence-corrected chi connectivity index (χ4v) is 11.6. The van der Waals surface area contributed by atoms with E-state index < -0.39 is 11.4 Å². The molecule has 37 heavy (non-hydrogen) atoms. The van der Waals surface area contributed by atoms with Gasteiger partial charge in [-0.1, -0.05) is 22.9 Å². The van der Waals surface area contributed by atoms with Crippen LogP contribution in [0.1, 0.15) is 65.7 Å². The van der Waals surface area contributed by atoms with Crippen molar-refractivity contribution in [3.8, 4) is 0 Å². The second-order valence-electron chi connectivity index (χ2n) is 12.7. The molecule has 3 heterocycles. The Hall–Kier alpha value is -0.780. The van der Waals surface area contributed by atoms with Crippen LogP contribution in [0.5, 0.6) is 0 Å². The predicted molar refractivity (Wildman–Crippen MR) is 130 cm³/mol. The van der Waals surface area contributed by atoms with Gasteiger partial charge in [0.05, 0.1) is 17.0 Å². The van der Waals surface area contributed by atoms with E-state index in [-0.39, 0.29) is 64.9 Å². The third-order valence-corrected chi connectivity index (χ3v) is 13.1. The Bertz CT molecular complexity index is 995. The van der Waals surface area contributed by atoms with Gasteiger partial charge >= 0.3 is 11.9 Å². The Morgan fingerprint density at radius 3 is 2.46 bits per heavy atom. The highest BCUT2D eigenvalue weighted by Gasteiger charge is 2.80. The quantitative estimate of drug-likeness (QED) is 0.357. The van der Waals surface area contributed by atoms with Crippen LogP contribution in [0.4, 0.5) is 0 Å². The number of hydrogen-bond donors (Lipinski definition) is 0. The van der Waals surface area contributed by atoms with Crippen LogP contribution in [0.25, 0.3) is 0 Å². The molecule has 0 aromatic heterocycles. The van der Waals surface area contributed by atoms with Crippen molar-refractivity contribution in [1.82, 2.24) is 0 Å². The van der Waals surface area contributed by atoms with E-state index in [0.29, 0.717) is 37.9 Å². The standard InChI is InChI=1S/C27H37BrO9/c1-15(29)36-17-4-6-24-11-32-21(25(24,28)9-17)8-18-19-5-7-26(27(35-14-33-26)12-31-13-34-27)23(19,3)10-20(22(18)24)37-16(2)30/h17-22H,4-14H2,1-3H3/t17-,18-,19-,20-,21+,22+,23-,24-,25-,26+,27?/m0/s1. The average Bonchev–Trinajstić information content (AvgIpc) is 3.54. The van der Waals surface area contributed by atoms with Crippen molar-refractivity contribution < 1.29 is 42.7 Å². The highest BCUT2D eigenvalue weighted by Crippen LogP contribution is 2.75. The summed E-state index contributed by atoms with van der Waals surface area (Å²) in [6.45, 7) is 6.62. The molecule has 3 saturated heterocycles. The molecular weight excluding hydrogens is 548 g/mol. The van der Waals surface area contributed by atoms with E-state index in [1.807, 2.05) is 0 Å². The summed E-state index contributed by atoms with van der Waals surface area (Å²) < 4.78 is 42.7. The van der Waals surface area contributed by atoms with Gasteiger partial charge in [-0.05, 0) is 50.4 Å². The lowest BCUT2D eigenvalue weighted by molar-refractivity contribution is -0.262. The number of halogens is 1. The van der Waals surface area contributed by atoms with Gasteiger partial charge in [0.2, 0.25) is 5.79 Å². The predicted octanol–water partition coefficient (Wildman–Crippen LogP) is 3.45. The van der Waals surface area contributed by atoms with Crippen LogP contribution in [-0.4, -0.2) is 72.8 Å². The molecule has 10 heteroatoms. The van der Waals surface area contributed by atoms with Crippen molar-refractivity contribution in [1.29, 1.82) is 0 Å². The van der Waals surface area contributed by atoms with E-state index in [1.54, 1.807) is 0 Å². The minimum Gasteiger partial charge on any atom is -0.463 e. The van der Waals surface area contributed by atoms with Crippen LogP contribution in [0.3, 0.4) is 0 Å². The van der Waals surface area contributed by atoms with Crippen molar-refractivity contribution in [2.75, 3.05) is 26.8 Å². The molecule has 4 saturated carbocycles. The number of carbonyl (C=O) groups excluding carboxylic acids is 2. The van der Waals surface area contributed by atoms with E-state index in [1.165, 1.54) is 13.8 Å². The molecule has 2 bridgehead atoms. The number of esters is 2. The Balaban J connectivity index is 1.30. The Morgan fingerprint density at radius 1 is 0.946 bits per heavy atom. The summed E-state index contributed by atoms with van der Waals surface area (Å²) in [4.78, 5) is 24.3. The van der Waals surface area contributed by atoms with Gasteiger partial charge in [-0.15, -0.1) is 0 Å². The molecule has 3 aliphatic heterocycles. The van der Waals surface area contributed by atoms with Crippen LogP contribution in [0, 0.1) is 28.6 Å². The molecule has 206 valence electrons. The molecule has 2 spiro atoms. The van der Waals surface area contributed by atoms with Crippen molar-refractivity contribution in [3.05, 3.63) is 0 Å². The third kappa shape index (κ3) is 3.03. The lowest BCUT2D eigenvalue weighted by atomic mass is 9.43. The van der Waals surface area contributed by atoms with Crippen LogP contribution in [0.2, 0.25) is 0 Å². The third-order valence-electron chi connectivity index (χ3n) is 11.5. The van der Waals surface area contributed by atoms with Gasteiger partial charge < -0.3 is 33.2 Å². The molecule has 0 radical (unpaired) electrons. The summed E-state index contributed by atoms with van der Waals surface area (Å²) in [6, 6.07) is 0. The molecule has 7 aliphatic rings. The van der Waals surface area contributed by atoms with Crippen LogP contribution < -0.4 is 0 Å². The lowest BCUT2D eigenvalue weighted by Crippen LogP contribution is -2.70. The monoisotopic (exact) mass is 584 g/mol. The number of rotatable bonds is 2.